The summed E-state index contributed by atoms with van der Waals surface area (Å²) >= 11 is 3.30. The third-order valence-electron chi connectivity index (χ3n) is 2.81. The Morgan fingerprint density at radius 1 is 1.42 bits per heavy atom. The van der Waals surface area contributed by atoms with E-state index in [0.29, 0.717) is 17.7 Å². The van der Waals surface area contributed by atoms with Crippen LogP contribution < -0.4 is 0 Å². The SMILES string of the molecule is CCN(Cc1cc(Br)ccc1F)C(=O)c1ccoc1. The quantitative estimate of drug-likeness (QED) is 0.855. The summed E-state index contributed by atoms with van der Waals surface area (Å²) in [4.78, 5) is 13.7. The summed E-state index contributed by atoms with van der Waals surface area (Å²) in [6.45, 7) is 2.58. The number of hydrogen-bond donors (Lipinski definition) is 0. The van der Waals surface area contributed by atoms with Gasteiger partial charge >= 0.3 is 0 Å². The molecule has 0 bridgehead atoms. The second-order valence-electron chi connectivity index (χ2n) is 4.07. The van der Waals surface area contributed by atoms with Gasteiger partial charge in [-0.3, -0.25) is 4.79 Å². The molecule has 1 amide bonds. The highest BCUT2D eigenvalue weighted by Crippen LogP contribution is 2.18. The van der Waals surface area contributed by atoms with Crippen molar-refractivity contribution in [1.82, 2.24) is 4.90 Å². The number of amides is 1. The van der Waals surface area contributed by atoms with Crippen LogP contribution in [0.5, 0.6) is 0 Å². The lowest BCUT2D eigenvalue weighted by molar-refractivity contribution is 0.0750. The summed E-state index contributed by atoms with van der Waals surface area (Å²) in [5.41, 5.74) is 0.949. The Bertz CT molecular complexity index is 569. The molecule has 0 aliphatic rings. The van der Waals surface area contributed by atoms with Crippen molar-refractivity contribution in [2.24, 2.45) is 0 Å². The topological polar surface area (TPSA) is 33.5 Å². The van der Waals surface area contributed by atoms with E-state index >= 15 is 0 Å². The van der Waals surface area contributed by atoms with Crippen LogP contribution in [0.15, 0.2) is 45.7 Å². The van der Waals surface area contributed by atoms with Crippen molar-refractivity contribution in [1.29, 1.82) is 0 Å². The van der Waals surface area contributed by atoms with Crippen LogP contribution in [-0.2, 0) is 6.54 Å². The first kappa shape index (κ1) is 13.8. The van der Waals surface area contributed by atoms with Crippen molar-refractivity contribution in [2.75, 3.05) is 6.54 Å². The molecule has 0 unspecified atom stereocenters. The summed E-state index contributed by atoms with van der Waals surface area (Å²) in [5.74, 6) is -0.489. The summed E-state index contributed by atoms with van der Waals surface area (Å²) in [6, 6.07) is 6.30. The van der Waals surface area contributed by atoms with E-state index in [4.69, 9.17) is 4.42 Å². The minimum Gasteiger partial charge on any atom is -0.472 e. The van der Waals surface area contributed by atoms with Crippen LogP contribution in [-0.4, -0.2) is 17.4 Å². The third-order valence-corrected chi connectivity index (χ3v) is 3.30. The lowest BCUT2D eigenvalue weighted by Crippen LogP contribution is -2.30. The molecule has 0 atom stereocenters. The predicted octanol–water partition coefficient (Wildman–Crippen LogP) is 3.84. The lowest BCUT2D eigenvalue weighted by Gasteiger charge is -2.20. The summed E-state index contributed by atoms with van der Waals surface area (Å²) in [7, 11) is 0. The average Bonchev–Trinajstić information content (AvgIpc) is 2.93. The van der Waals surface area contributed by atoms with Gasteiger partial charge in [0, 0.05) is 23.1 Å². The molecule has 0 saturated carbocycles. The van der Waals surface area contributed by atoms with Crippen molar-refractivity contribution in [3.63, 3.8) is 0 Å². The number of carbonyl (C=O) groups is 1. The maximum atomic E-state index is 13.7. The first-order valence-electron chi connectivity index (χ1n) is 5.87. The second kappa shape index (κ2) is 6.02. The van der Waals surface area contributed by atoms with Crippen LogP contribution in [0, 0.1) is 5.82 Å². The van der Waals surface area contributed by atoms with Crippen molar-refractivity contribution < 1.29 is 13.6 Å². The van der Waals surface area contributed by atoms with Gasteiger partial charge in [0.05, 0.1) is 11.8 Å². The van der Waals surface area contributed by atoms with Gasteiger partial charge in [0.1, 0.15) is 12.1 Å². The standard InChI is InChI=1S/C14H13BrFNO2/c1-2-17(14(18)10-5-6-19-9-10)8-11-7-12(15)3-4-13(11)16/h3-7,9H,2,8H2,1H3. The monoisotopic (exact) mass is 325 g/mol. The fourth-order valence-corrected chi connectivity index (χ4v) is 2.17. The second-order valence-corrected chi connectivity index (χ2v) is 4.98. The van der Waals surface area contributed by atoms with Crippen LogP contribution in [0.3, 0.4) is 0 Å². The fraction of sp³-hybridized carbons (Fsp3) is 0.214. The molecule has 0 saturated heterocycles. The van der Waals surface area contributed by atoms with Gasteiger partial charge in [-0.1, -0.05) is 15.9 Å². The minimum atomic E-state index is -0.318. The Balaban J connectivity index is 2.19. The van der Waals surface area contributed by atoms with Gasteiger partial charge in [-0.15, -0.1) is 0 Å². The third kappa shape index (κ3) is 3.23. The van der Waals surface area contributed by atoms with E-state index in [2.05, 4.69) is 15.9 Å². The molecule has 19 heavy (non-hydrogen) atoms. The van der Waals surface area contributed by atoms with E-state index in [1.165, 1.54) is 18.6 Å². The van der Waals surface area contributed by atoms with Gasteiger partial charge in [-0.2, -0.15) is 0 Å². The zero-order chi connectivity index (χ0) is 13.8. The fourth-order valence-electron chi connectivity index (χ4n) is 1.77. The van der Waals surface area contributed by atoms with E-state index in [-0.39, 0.29) is 18.3 Å². The van der Waals surface area contributed by atoms with Crippen molar-refractivity contribution in [3.05, 3.63) is 58.2 Å². The molecule has 2 rings (SSSR count). The number of halogens is 2. The van der Waals surface area contributed by atoms with Crippen molar-refractivity contribution >= 4 is 21.8 Å². The highest BCUT2D eigenvalue weighted by molar-refractivity contribution is 9.10. The van der Waals surface area contributed by atoms with Crippen molar-refractivity contribution in [3.8, 4) is 0 Å². The molecular formula is C14H13BrFNO2. The van der Waals surface area contributed by atoms with Gasteiger partial charge in [-0.05, 0) is 31.2 Å². The molecule has 0 radical (unpaired) electrons. The van der Waals surface area contributed by atoms with E-state index in [9.17, 15) is 9.18 Å². The van der Waals surface area contributed by atoms with Gasteiger partial charge in [-0.25, -0.2) is 4.39 Å². The molecule has 0 spiro atoms. The Kier molecular flexibility index (Phi) is 4.37. The minimum absolute atomic E-state index is 0.171. The Hall–Kier alpha value is -1.62. The van der Waals surface area contributed by atoms with Gasteiger partial charge in [0.25, 0.3) is 5.91 Å². The van der Waals surface area contributed by atoms with Crippen LogP contribution in [0.4, 0.5) is 4.39 Å². The number of benzene rings is 1. The van der Waals surface area contributed by atoms with E-state index < -0.39 is 0 Å². The highest BCUT2D eigenvalue weighted by Gasteiger charge is 2.17. The average molecular weight is 326 g/mol. The zero-order valence-corrected chi connectivity index (χ0v) is 12.0. The lowest BCUT2D eigenvalue weighted by atomic mass is 10.2. The molecular weight excluding hydrogens is 313 g/mol. The summed E-state index contributed by atoms with van der Waals surface area (Å²) in [6.07, 6.45) is 2.84. The summed E-state index contributed by atoms with van der Waals surface area (Å²) < 4.78 is 19.4. The number of furan rings is 1. The van der Waals surface area contributed by atoms with Crippen LogP contribution >= 0.6 is 15.9 Å². The Morgan fingerprint density at radius 3 is 2.84 bits per heavy atom. The maximum Gasteiger partial charge on any atom is 0.257 e. The van der Waals surface area contributed by atoms with E-state index in [0.717, 1.165) is 4.47 Å². The molecule has 1 aromatic carbocycles. The van der Waals surface area contributed by atoms with Crippen molar-refractivity contribution in [2.45, 2.75) is 13.5 Å². The van der Waals surface area contributed by atoms with Crippen LogP contribution in [0.2, 0.25) is 0 Å². The first-order valence-corrected chi connectivity index (χ1v) is 6.66. The number of rotatable bonds is 4. The molecule has 1 heterocycles. The molecule has 0 aliphatic heterocycles. The molecule has 3 nitrogen and oxygen atoms in total. The zero-order valence-electron chi connectivity index (χ0n) is 10.4. The molecule has 2 aromatic rings. The molecule has 0 fully saturated rings. The summed E-state index contributed by atoms with van der Waals surface area (Å²) in [5, 5.41) is 0. The molecule has 1 aromatic heterocycles. The van der Waals surface area contributed by atoms with E-state index in [1.807, 2.05) is 6.92 Å². The Morgan fingerprint density at radius 2 is 2.21 bits per heavy atom. The first-order chi connectivity index (χ1) is 9.11. The predicted molar refractivity (Wildman–Crippen MR) is 73.2 cm³/mol. The highest BCUT2D eigenvalue weighted by atomic mass is 79.9. The van der Waals surface area contributed by atoms with Crippen LogP contribution in [0.25, 0.3) is 0 Å². The molecule has 100 valence electrons. The number of hydrogen-bond acceptors (Lipinski definition) is 2. The van der Waals surface area contributed by atoms with Crippen LogP contribution in [0.1, 0.15) is 22.8 Å². The van der Waals surface area contributed by atoms with Gasteiger partial charge in [0.2, 0.25) is 0 Å². The molecule has 0 aliphatic carbocycles. The van der Waals surface area contributed by atoms with E-state index in [1.54, 1.807) is 23.1 Å². The smallest absolute Gasteiger partial charge is 0.257 e. The number of carbonyl (C=O) groups excluding carboxylic acids is 1. The number of nitrogens with zero attached hydrogens (tertiary/aromatic N) is 1. The largest absolute Gasteiger partial charge is 0.472 e. The Labute approximate surface area is 119 Å². The maximum absolute atomic E-state index is 13.7. The normalized spacial score (nSPS) is 10.5. The molecule has 0 N–H and O–H groups in total. The van der Waals surface area contributed by atoms with Gasteiger partial charge < -0.3 is 9.32 Å². The molecule has 5 heteroatoms. The van der Waals surface area contributed by atoms with Gasteiger partial charge in [0.15, 0.2) is 0 Å².